The quantitative estimate of drug-likeness (QED) is 0.212. The Morgan fingerprint density at radius 3 is 2.04 bits per heavy atom. The molecule has 0 fully saturated rings. The van der Waals surface area contributed by atoms with Gasteiger partial charge < -0.3 is 24.1 Å². The molecule has 0 aliphatic rings. The molecule has 0 bridgehead atoms. The van der Waals surface area contributed by atoms with Gasteiger partial charge in [0, 0.05) is 19.4 Å². The lowest BCUT2D eigenvalue weighted by atomic mass is 10.2. The Bertz CT molecular complexity index is 400. The summed E-state index contributed by atoms with van der Waals surface area (Å²) < 4.78 is 23.2. The van der Waals surface area contributed by atoms with Crippen molar-refractivity contribution in [3.8, 4) is 0 Å². The third-order valence-corrected chi connectivity index (χ3v) is 3.95. The number of hydrogen-bond acceptors (Lipinski definition) is 6. The summed E-state index contributed by atoms with van der Waals surface area (Å²) in [5.74, 6) is -2.91. The first-order valence-electron chi connectivity index (χ1n) is 10.2. The Labute approximate surface area is 163 Å². The highest BCUT2D eigenvalue weighted by Crippen LogP contribution is 2.25. The van der Waals surface area contributed by atoms with Crippen LogP contribution in [0.2, 0.25) is 0 Å². The van der Waals surface area contributed by atoms with E-state index in [1.807, 2.05) is 13.8 Å². The molecule has 2 atom stereocenters. The number of hydrogen-bond donors (Lipinski definition) is 1. The molecule has 0 aromatic heterocycles. The van der Waals surface area contributed by atoms with E-state index < -0.39 is 24.0 Å². The summed E-state index contributed by atoms with van der Waals surface area (Å²) in [6, 6.07) is 0. The normalized spacial score (nSPS) is 14.5. The minimum Gasteiger partial charge on any atom is -0.481 e. The maximum Gasteiger partial charge on any atom is 0.356 e. The van der Waals surface area contributed by atoms with Crippen molar-refractivity contribution in [3.05, 3.63) is 0 Å². The van der Waals surface area contributed by atoms with Crippen molar-refractivity contribution in [2.45, 2.75) is 97.6 Å². The zero-order chi connectivity index (χ0) is 20.5. The number of carbonyl (C=O) groups excluding carboxylic acids is 1. The first-order chi connectivity index (χ1) is 12.9. The number of rotatable bonds is 18. The Morgan fingerprint density at radius 2 is 1.44 bits per heavy atom. The topological polar surface area (TPSA) is 91.3 Å². The monoisotopic (exact) mass is 390 g/mol. The molecule has 0 amide bonds. The van der Waals surface area contributed by atoms with Gasteiger partial charge in [-0.1, -0.05) is 33.6 Å². The summed E-state index contributed by atoms with van der Waals surface area (Å²) in [5, 5.41) is 8.69. The van der Waals surface area contributed by atoms with Gasteiger partial charge in [0.15, 0.2) is 0 Å². The van der Waals surface area contributed by atoms with Gasteiger partial charge in [0.2, 0.25) is 0 Å². The van der Waals surface area contributed by atoms with Gasteiger partial charge in [-0.2, -0.15) is 0 Å². The van der Waals surface area contributed by atoms with E-state index in [-0.39, 0.29) is 12.8 Å². The van der Waals surface area contributed by atoms with Crippen molar-refractivity contribution >= 4 is 11.9 Å². The average molecular weight is 391 g/mol. The minimum absolute atomic E-state index is 0.0360. The van der Waals surface area contributed by atoms with Crippen molar-refractivity contribution in [3.63, 3.8) is 0 Å². The number of carboxylic acid groups (broad SMARTS) is 1. The molecule has 0 rings (SSSR count). The van der Waals surface area contributed by atoms with Gasteiger partial charge in [-0.05, 0) is 39.0 Å². The zero-order valence-corrected chi connectivity index (χ0v) is 17.5. The van der Waals surface area contributed by atoms with E-state index in [0.29, 0.717) is 32.7 Å². The highest BCUT2D eigenvalue weighted by atomic mass is 16.9. The second-order valence-electron chi connectivity index (χ2n) is 6.60. The fourth-order valence-corrected chi connectivity index (χ4v) is 2.28. The first kappa shape index (κ1) is 25.8. The summed E-state index contributed by atoms with van der Waals surface area (Å²) in [6.07, 6.45) is 4.83. The molecule has 7 nitrogen and oxygen atoms in total. The minimum atomic E-state index is -1.57. The highest BCUT2D eigenvalue weighted by Gasteiger charge is 2.44. The van der Waals surface area contributed by atoms with Gasteiger partial charge in [-0.25, -0.2) is 0 Å². The molecule has 0 aliphatic carbocycles. The fraction of sp³-hybridized carbons (Fsp3) is 0.900. The van der Waals surface area contributed by atoms with Gasteiger partial charge in [0.25, 0.3) is 0 Å². The van der Waals surface area contributed by atoms with Gasteiger partial charge in [0.05, 0.1) is 13.2 Å². The largest absolute Gasteiger partial charge is 0.481 e. The third-order valence-electron chi connectivity index (χ3n) is 3.95. The molecule has 0 spiro atoms. The number of unbranched alkanes of at least 4 members (excludes halogenated alkanes) is 3. The van der Waals surface area contributed by atoms with Crippen LogP contribution in [-0.4, -0.2) is 48.9 Å². The van der Waals surface area contributed by atoms with Gasteiger partial charge in [0.1, 0.15) is 6.10 Å². The van der Waals surface area contributed by atoms with Crippen molar-refractivity contribution in [1.29, 1.82) is 0 Å². The molecule has 7 heteroatoms. The summed E-state index contributed by atoms with van der Waals surface area (Å²) in [5.41, 5.74) is 0. The van der Waals surface area contributed by atoms with Crippen LogP contribution in [0.25, 0.3) is 0 Å². The van der Waals surface area contributed by atoms with Crippen LogP contribution in [0.1, 0.15) is 85.5 Å². The number of ether oxygens (including phenoxy) is 4. The van der Waals surface area contributed by atoms with E-state index in [0.717, 1.165) is 32.1 Å². The number of esters is 1. The van der Waals surface area contributed by atoms with Crippen LogP contribution in [0, 0.1) is 0 Å². The van der Waals surface area contributed by atoms with E-state index in [9.17, 15) is 9.59 Å². The van der Waals surface area contributed by atoms with Gasteiger partial charge >= 0.3 is 17.9 Å². The fourth-order valence-electron chi connectivity index (χ4n) is 2.28. The van der Waals surface area contributed by atoms with Gasteiger partial charge in [-0.15, -0.1) is 0 Å². The summed E-state index contributed by atoms with van der Waals surface area (Å²) >= 11 is 0. The molecule has 0 saturated heterocycles. The van der Waals surface area contributed by atoms with E-state index in [2.05, 4.69) is 6.92 Å². The van der Waals surface area contributed by atoms with Crippen molar-refractivity contribution < 1.29 is 33.6 Å². The van der Waals surface area contributed by atoms with Crippen LogP contribution in [0.3, 0.4) is 0 Å². The predicted molar refractivity (Wildman–Crippen MR) is 102 cm³/mol. The number of carboxylic acids is 1. The molecule has 27 heavy (non-hydrogen) atoms. The van der Waals surface area contributed by atoms with Crippen molar-refractivity contribution in [2.24, 2.45) is 0 Å². The highest BCUT2D eigenvalue weighted by molar-refractivity contribution is 5.70. The lowest BCUT2D eigenvalue weighted by Crippen LogP contribution is -2.51. The smallest absolute Gasteiger partial charge is 0.356 e. The van der Waals surface area contributed by atoms with Crippen molar-refractivity contribution in [2.75, 3.05) is 19.8 Å². The predicted octanol–water partition coefficient (Wildman–Crippen LogP) is 4.28. The molecule has 0 aliphatic heterocycles. The van der Waals surface area contributed by atoms with Crippen LogP contribution in [0.5, 0.6) is 0 Å². The molecule has 0 aromatic rings. The first-order valence-corrected chi connectivity index (χ1v) is 10.2. The maximum atomic E-state index is 12.3. The van der Waals surface area contributed by atoms with E-state index in [1.54, 1.807) is 6.92 Å². The zero-order valence-electron chi connectivity index (χ0n) is 17.5. The summed E-state index contributed by atoms with van der Waals surface area (Å²) in [4.78, 5) is 22.9. The lowest BCUT2D eigenvalue weighted by Gasteiger charge is -2.37. The van der Waals surface area contributed by atoms with Crippen molar-refractivity contribution in [1.82, 2.24) is 0 Å². The molecule has 0 radical (unpaired) electrons. The summed E-state index contributed by atoms with van der Waals surface area (Å²) in [6.45, 7) is 9.18. The van der Waals surface area contributed by atoms with Crippen LogP contribution in [0.4, 0.5) is 0 Å². The van der Waals surface area contributed by atoms with Crippen LogP contribution < -0.4 is 0 Å². The van der Waals surface area contributed by atoms with E-state index in [1.165, 1.54) is 0 Å². The van der Waals surface area contributed by atoms with E-state index in [4.69, 9.17) is 24.1 Å². The Balaban J connectivity index is 4.99. The van der Waals surface area contributed by atoms with Crippen LogP contribution in [-0.2, 0) is 28.5 Å². The third kappa shape index (κ3) is 12.0. The second-order valence-corrected chi connectivity index (χ2v) is 6.60. The Morgan fingerprint density at radius 1 is 0.852 bits per heavy atom. The standard InChI is InChI=1S/C20H38O7/c1-5-8-15-24-17(4)20(25-14-7-3,26-16-9-6-2)27-19(23)13-11-10-12-18(21)22/h17H,5-16H2,1-4H3,(H,21,22). The maximum absolute atomic E-state index is 12.3. The summed E-state index contributed by atoms with van der Waals surface area (Å²) in [7, 11) is 0. The Kier molecular flexibility index (Phi) is 15.1. The molecule has 0 heterocycles. The number of aliphatic carboxylic acids is 1. The molecular formula is C20H38O7. The number of carbonyl (C=O) groups is 2. The molecule has 2 unspecified atom stereocenters. The van der Waals surface area contributed by atoms with Crippen LogP contribution >= 0.6 is 0 Å². The van der Waals surface area contributed by atoms with Gasteiger partial charge in [-0.3, -0.25) is 9.59 Å². The molecule has 0 saturated carbocycles. The molecular weight excluding hydrogens is 352 g/mol. The molecule has 160 valence electrons. The lowest BCUT2D eigenvalue weighted by molar-refractivity contribution is -0.398. The Hall–Kier alpha value is -1.18. The SMILES string of the molecule is CCCCOC(C)C(OCCC)(OCCCC)OC(=O)CCCCC(=O)O. The van der Waals surface area contributed by atoms with Crippen LogP contribution in [0.15, 0.2) is 0 Å². The molecule has 1 N–H and O–H groups in total. The van der Waals surface area contributed by atoms with E-state index >= 15 is 0 Å². The second kappa shape index (κ2) is 15.8. The molecule has 0 aromatic carbocycles. The average Bonchev–Trinajstić information content (AvgIpc) is 2.63.